The molecule has 0 amide bonds. The summed E-state index contributed by atoms with van der Waals surface area (Å²) in [5.41, 5.74) is 1.11. The molecule has 0 saturated carbocycles. The van der Waals surface area contributed by atoms with Gasteiger partial charge in [0, 0.05) is 15.6 Å². The van der Waals surface area contributed by atoms with Crippen molar-refractivity contribution in [3.8, 4) is 0 Å². The first-order chi connectivity index (χ1) is 7.99. The minimum absolute atomic E-state index is 0.0925. The Kier molecular flexibility index (Phi) is 4.47. The summed E-state index contributed by atoms with van der Waals surface area (Å²) in [6.45, 7) is 0. The molecule has 0 atom stereocenters. The van der Waals surface area contributed by atoms with Crippen molar-refractivity contribution in [1.82, 2.24) is 0 Å². The molecule has 0 aliphatic rings. The summed E-state index contributed by atoms with van der Waals surface area (Å²) >= 11 is 17.5. The summed E-state index contributed by atoms with van der Waals surface area (Å²) in [6, 6.07) is 7.02. The zero-order valence-electron chi connectivity index (χ0n) is 8.14. The molecule has 1 nitrogen and oxygen atoms in total. The molecule has 0 saturated heterocycles. The Bertz CT molecular complexity index is 594. The molecule has 0 aliphatic carbocycles. The first-order valence-electron chi connectivity index (χ1n) is 4.43. The quantitative estimate of drug-likeness (QED) is 0.510. The van der Waals surface area contributed by atoms with Crippen LogP contribution in [0.4, 0.5) is 0 Å². The maximum absolute atomic E-state index is 12.3. The summed E-state index contributed by atoms with van der Waals surface area (Å²) in [7, 11) is 0. The Morgan fingerprint density at radius 1 is 1.12 bits per heavy atom. The number of halogens is 4. The Balaban J connectivity index is 2.50. The van der Waals surface area contributed by atoms with Gasteiger partial charge in [0.15, 0.2) is 5.78 Å². The van der Waals surface area contributed by atoms with Gasteiger partial charge in [0.05, 0.1) is 12.6 Å². The predicted octanol–water partition coefficient (Wildman–Crippen LogP) is 5.92. The molecule has 88 valence electrons. The van der Waals surface area contributed by atoms with Crippen LogP contribution in [0.25, 0.3) is 0 Å². The fourth-order valence-electron chi connectivity index (χ4n) is 1.31. The Labute approximate surface area is 133 Å². The lowest BCUT2D eigenvalue weighted by atomic mass is 10.1. The third-order valence-electron chi connectivity index (χ3n) is 2.07. The van der Waals surface area contributed by atoms with Crippen LogP contribution in [0.2, 0.25) is 5.02 Å². The number of carbonyl (C=O) groups excluding carboxylic acids is 1. The lowest BCUT2D eigenvalue weighted by Gasteiger charge is -2.03. The van der Waals surface area contributed by atoms with E-state index in [-0.39, 0.29) is 5.78 Å². The fraction of sp³-hybridized carbons (Fsp3) is 0. The van der Waals surface area contributed by atoms with E-state index in [1.807, 2.05) is 0 Å². The third-order valence-corrected chi connectivity index (χ3v) is 5.24. The summed E-state index contributed by atoms with van der Waals surface area (Å²) in [6.07, 6.45) is 0. The standard InChI is InChI=1S/C11H4Br3ClOS/c12-5-1-2-8(15)6(3-5)10(16)7-4-9(13)17-11(7)14/h1-4H. The zero-order chi connectivity index (χ0) is 12.6. The second kappa shape index (κ2) is 5.53. The Hall–Kier alpha value is 0.320. The molecule has 2 aromatic rings. The maximum Gasteiger partial charge on any atom is 0.196 e. The number of benzene rings is 1. The lowest BCUT2D eigenvalue weighted by molar-refractivity contribution is 0.103. The van der Waals surface area contributed by atoms with E-state index in [9.17, 15) is 4.79 Å². The van der Waals surface area contributed by atoms with Gasteiger partial charge in [-0.25, -0.2) is 0 Å². The van der Waals surface area contributed by atoms with Crippen molar-refractivity contribution in [2.45, 2.75) is 0 Å². The van der Waals surface area contributed by atoms with Crippen molar-refractivity contribution >= 4 is 76.5 Å². The summed E-state index contributed by atoms with van der Waals surface area (Å²) in [4.78, 5) is 12.3. The van der Waals surface area contributed by atoms with Crippen LogP contribution in [0.5, 0.6) is 0 Å². The minimum Gasteiger partial charge on any atom is -0.288 e. The van der Waals surface area contributed by atoms with Crippen LogP contribution in [0.1, 0.15) is 15.9 Å². The molecule has 6 heteroatoms. The van der Waals surface area contributed by atoms with Crippen molar-refractivity contribution in [1.29, 1.82) is 0 Å². The smallest absolute Gasteiger partial charge is 0.196 e. The van der Waals surface area contributed by atoms with Crippen LogP contribution in [-0.2, 0) is 0 Å². The molecule has 0 N–H and O–H groups in total. The number of ketones is 1. The highest BCUT2D eigenvalue weighted by Crippen LogP contribution is 2.34. The molecular weight excluding hydrogens is 455 g/mol. The molecule has 0 unspecified atom stereocenters. The van der Waals surface area contributed by atoms with E-state index in [1.165, 1.54) is 11.3 Å². The second-order valence-corrected chi connectivity index (χ2v) is 8.26. The van der Waals surface area contributed by atoms with Crippen molar-refractivity contribution in [2.24, 2.45) is 0 Å². The Morgan fingerprint density at radius 3 is 2.41 bits per heavy atom. The average Bonchev–Trinajstić information content (AvgIpc) is 2.60. The van der Waals surface area contributed by atoms with Gasteiger partial charge in [0.1, 0.15) is 0 Å². The maximum atomic E-state index is 12.3. The van der Waals surface area contributed by atoms with Gasteiger partial charge < -0.3 is 0 Å². The number of carbonyl (C=O) groups is 1. The molecule has 2 rings (SSSR count). The van der Waals surface area contributed by atoms with Crippen LogP contribution in [0.3, 0.4) is 0 Å². The first kappa shape index (κ1) is 13.7. The van der Waals surface area contributed by atoms with Gasteiger partial charge in [-0.1, -0.05) is 27.5 Å². The topological polar surface area (TPSA) is 17.1 Å². The molecule has 17 heavy (non-hydrogen) atoms. The van der Waals surface area contributed by atoms with E-state index in [2.05, 4.69) is 47.8 Å². The molecule has 1 heterocycles. The van der Waals surface area contributed by atoms with Crippen LogP contribution in [0, 0.1) is 0 Å². The molecule has 1 aromatic heterocycles. The van der Waals surface area contributed by atoms with Crippen LogP contribution in [-0.4, -0.2) is 5.78 Å². The molecular formula is C11H4Br3ClOS. The average molecular weight is 459 g/mol. The summed E-state index contributed by atoms with van der Waals surface area (Å²) in [5, 5.41) is 0.451. The van der Waals surface area contributed by atoms with Gasteiger partial charge in [-0.15, -0.1) is 11.3 Å². The largest absolute Gasteiger partial charge is 0.288 e. The van der Waals surface area contributed by atoms with Gasteiger partial charge in [0.25, 0.3) is 0 Å². The third kappa shape index (κ3) is 3.01. The van der Waals surface area contributed by atoms with Gasteiger partial charge in [-0.3, -0.25) is 4.79 Å². The molecule has 1 aromatic carbocycles. The second-order valence-electron chi connectivity index (χ2n) is 3.19. The van der Waals surface area contributed by atoms with E-state index in [4.69, 9.17) is 11.6 Å². The van der Waals surface area contributed by atoms with Crippen molar-refractivity contribution in [2.75, 3.05) is 0 Å². The fourth-order valence-corrected chi connectivity index (χ4v) is 4.67. The molecule has 0 fully saturated rings. The van der Waals surface area contributed by atoms with Crippen LogP contribution in [0.15, 0.2) is 36.3 Å². The summed E-state index contributed by atoms with van der Waals surface area (Å²) < 4.78 is 2.53. The van der Waals surface area contributed by atoms with Gasteiger partial charge in [0.2, 0.25) is 0 Å². The highest BCUT2D eigenvalue weighted by Gasteiger charge is 2.18. The van der Waals surface area contributed by atoms with Crippen LogP contribution >= 0.6 is 70.7 Å². The van der Waals surface area contributed by atoms with E-state index >= 15 is 0 Å². The van der Waals surface area contributed by atoms with Crippen molar-refractivity contribution in [3.05, 3.63) is 52.5 Å². The van der Waals surface area contributed by atoms with Gasteiger partial charge in [-0.05, 0) is 56.1 Å². The monoisotopic (exact) mass is 456 g/mol. The van der Waals surface area contributed by atoms with Gasteiger partial charge >= 0.3 is 0 Å². The van der Waals surface area contributed by atoms with Crippen LogP contribution < -0.4 is 0 Å². The number of hydrogen-bond acceptors (Lipinski definition) is 2. The molecule has 0 aliphatic heterocycles. The van der Waals surface area contributed by atoms with Crippen molar-refractivity contribution < 1.29 is 4.79 Å². The molecule has 0 bridgehead atoms. The van der Waals surface area contributed by atoms with Crippen molar-refractivity contribution in [3.63, 3.8) is 0 Å². The van der Waals surface area contributed by atoms with E-state index in [1.54, 1.807) is 24.3 Å². The number of thiophene rings is 1. The lowest BCUT2D eigenvalue weighted by Crippen LogP contribution is -2.01. The Morgan fingerprint density at radius 2 is 1.82 bits per heavy atom. The minimum atomic E-state index is -0.0925. The predicted molar refractivity (Wildman–Crippen MR) is 82.3 cm³/mol. The van der Waals surface area contributed by atoms with Gasteiger partial charge in [-0.2, -0.15) is 0 Å². The SMILES string of the molecule is O=C(c1cc(Br)ccc1Cl)c1cc(Br)sc1Br. The molecule has 0 radical (unpaired) electrons. The van der Waals surface area contributed by atoms with E-state index in [0.29, 0.717) is 16.1 Å². The number of rotatable bonds is 2. The molecule has 0 spiro atoms. The zero-order valence-corrected chi connectivity index (χ0v) is 14.5. The number of hydrogen-bond donors (Lipinski definition) is 0. The highest BCUT2D eigenvalue weighted by molar-refractivity contribution is 9.12. The van der Waals surface area contributed by atoms with E-state index < -0.39 is 0 Å². The normalized spacial score (nSPS) is 10.6. The first-order valence-corrected chi connectivity index (χ1v) is 8.01. The highest BCUT2D eigenvalue weighted by atomic mass is 79.9. The van der Waals surface area contributed by atoms with E-state index in [0.717, 1.165) is 12.0 Å². The summed E-state index contributed by atoms with van der Waals surface area (Å²) in [5.74, 6) is -0.0925.